The van der Waals surface area contributed by atoms with Gasteiger partial charge in [0.1, 0.15) is 5.82 Å². The van der Waals surface area contributed by atoms with Crippen LogP contribution in [0.4, 0.5) is 0 Å². The number of hydrogen-bond donors (Lipinski definition) is 1. The molecule has 2 aromatic heterocycles. The minimum Gasteiger partial charge on any atom is -0.481 e. The summed E-state index contributed by atoms with van der Waals surface area (Å²) in [5, 5.41) is 0. The van der Waals surface area contributed by atoms with Gasteiger partial charge >= 0.3 is 0 Å². The first-order chi connectivity index (χ1) is 7.35. The number of methoxy groups -OCH3 is 1. The lowest BCUT2D eigenvalue weighted by Crippen LogP contribution is -2.06. The lowest BCUT2D eigenvalue weighted by atomic mass is 10.4. The molecular formula is C10H12N4O. The van der Waals surface area contributed by atoms with Gasteiger partial charge < -0.3 is 15.0 Å². The van der Waals surface area contributed by atoms with Crippen LogP contribution in [0.5, 0.6) is 5.88 Å². The molecule has 0 amide bonds. The standard InChI is InChI=1S/C10H12N4O/c1-15-10-6-8(2-3-13-10)14-5-4-12-9(14)7-11/h2-6H,7,11H2,1H3. The van der Waals surface area contributed by atoms with E-state index < -0.39 is 0 Å². The predicted molar refractivity (Wildman–Crippen MR) is 55.8 cm³/mol. The van der Waals surface area contributed by atoms with E-state index in [2.05, 4.69) is 9.97 Å². The monoisotopic (exact) mass is 204 g/mol. The molecule has 5 nitrogen and oxygen atoms in total. The number of nitrogens with two attached hydrogens (primary N) is 1. The van der Waals surface area contributed by atoms with Gasteiger partial charge in [0, 0.05) is 24.7 Å². The highest BCUT2D eigenvalue weighted by Crippen LogP contribution is 2.14. The summed E-state index contributed by atoms with van der Waals surface area (Å²) in [4.78, 5) is 8.18. The summed E-state index contributed by atoms with van der Waals surface area (Å²) in [7, 11) is 1.59. The van der Waals surface area contributed by atoms with E-state index in [-0.39, 0.29) is 0 Å². The van der Waals surface area contributed by atoms with E-state index >= 15 is 0 Å². The van der Waals surface area contributed by atoms with Gasteiger partial charge in [-0.2, -0.15) is 0 Å². The average molecular weight is 204 g/mol. The van der Waals surface area contributed by atoms with E-state index in [9.17, 15) is 0 Å². The van der Waals surface area contributed by atoms with Crippen molar-refractivity contribution in [2.45, 2.75) is 6.54 Å². The molecular weight excluding hydrogens is 192 g/mol. The van der Waals surface area contributed by atoms with Crippen molar-refractivity contribution in [3.63, 3.8) is 0 Å². The van der Waals surface area contributed by atoms with E-state index in [0.29, 0.717) is 12.4 Å². The highest BCUT2D eigenvalue weighted by Gasteiger charge is 2.04. The number of rotatable bonds is 3. The fourth-order valence-electron chi connectivity index (χ4n) is 1.38. The Morgan fingerprint density at radius 2 is 2.27 bits per heavy atom. The molecule has 78 valence electrons. The summed E-state index contributed by atoms with van der Waals surface area (Å²) in [6, 6.07) is 3.71. The molecule has 2 aromatic rings. The van der Waals surface area contributed by atoms with Crippen LogP contribution in [0.2, 0.25) is 0 Å². The molecule has 0 aromatic carbocycles. The Balaban J connectivity index is 2.44. The summed E-state index contributed by atoms with van der Waals surface area (Å²) in [5.74, 6) is 1.38. The zero-order valence-corrected chi connectivity index (χ0v) is 8.42. The van der Waals surface area contributed by atoms with Crippen LogP contribution in [0.25, 0.3) is 5.69 Å². The van der Waals surface area contributed by atoms with Crippen molar-refractivity contribution in [3.8, 4) is 11.6 Å². The Bertz CT molecular complexity index is 452. The molecule has 0 unspecified atom stereocenters. The van der Waals surface area contributed by atoms with Crippen LogP contribution < -0.4 is 10.5 Å². The molecule has 0 spiro atoms. The van der Waals surface area contributed by atoms with E-state index in [1.165, 1.54) is 0 Å². The van der Waals surface area contributed by atoms with Crippen molar-refractivity contribution in [1.82, 2.24) is 14.5 Å². The second-order valence-corrected chi connectivity index (χ2v) is 2.97. The lowest BCUT2D eigenvalue weighted by molar-refractivity contribution is 0.397. The highest BCUT2D eigenvalue weighted by molar-refractivity contribution is 5.35. The van der Waals surface area contributed by atoms with Crippen LogP contribution in [0.1, 0.15) is 5.82 Å². The molecule has 0 radical (unpaired) electrons. The van der Waals surface area contributed by atoms with Gasteiger partial charge in [0.25, 0.3) is 0 Å². The van der Waals surface area contributed by atoms with Crippen molar-refractivity contribution >= 4 is 0 Å². The Hall–Kier alpha value is -1.88. The largest absolute Gasteiger partial charge is 0.481 e. The van der Waals surface area contributed by atoms with Crippen LogP contribution in [-0.2, 0) is 6.54 Å². The van der Waals surface area contributed by atoms with Crippen molar-refractivity contribution in [2.24, 2.45) is 5.73 Å². The van der Waals surface area contributed by atoms with E-state index in [1.54, 1.807) is 19.5 Å². The topological polar surface area (TPSA) is 66.0 Å². The Morgan fingerprint density at radius 3 is 3.00 bits per heavy atom. The van der Waals surface area contributed by atoms with Crippen molar-refractivity contribution < 1.29 is 4.74 Å². The lowest BCUT2D eigenvalue weighted by Gasteiger charge is -2.07. The van der Waals surface area contributed by atoms with Crippen molar-refractivity contribution in [1.29, 1.82) is 0 Å². The number of pyridine rings is 1. The Kier molecular flexibility index (Phi) is 2.64. The predicted octanol–water partition coefficient (Wildman–Crippen LogP) is 0.735. The van der Waals surface area contributed by atoms with Crippen LogP contribution in [0.3, 0.4) is 0 Å². The van der Waals surface area contributed by atoms with E-state index in [4.69, 9.17) is 10.5 Å². The molecule has 0 aliphatic rings. The molecule has 0 bridgehead atoms. The van der Waals surface area contributed by atoms with Gasteiger partial charge in [-0.05, 0) is 6.07 Å². The van der Waals surface area contributed by atoms with Crippen LogP contribution in [0, 0.1) is 0 Å². The third-order valence-corrected chi connectivity index (χ3v) is 2.11. The first-order valence-corrected chi connectivity index (χ1v) is 4.58. The number of imidazole rings is 1. The molecule has 0 fully saturated rings. The van der Waals surface area contributed by atoms with E-state index in [0.717, 1.165) is 11.5 Å². The zero-order chi connectivity index (χ0) is 10.7. The summed E-state index contributed by atoms with van der Waals surface area (Å²) >= 11 is 0. The molecule has 2 heterocycles. The fourth-order valence-corrected chi connectivity index (χ4v) is 1.38. The number of ether oxygens (including phenoxy) is 1. The van der Waals surface area contributed by atoms with Crippen LogP contribution >= 0.6 is 0 Å². The number of aromatic nitrogens is 3. The van der Waals surface area contributed by atoms with Crippen LogP contribution in [0.15, 0.2) is 30.7 Å². The Morgan fingerprint density at radius 1 is 1.40 bits per heavy atom. The first-order valence-electron chi connectivity index (χ1n) is 4.58. The molecule has 0 aliphatic heterocycles. The maximum Gasteiger partial charge on any atom is 0.215 e. The van der Waals surface area contributed by atoms with Gasteiger partial charge in [0.15, 0.2) is 0 Å². The van der Waals surface area contributed by atoms with Gasteiger partial charge in [-0.3, -0.25) is 0 Å². The summed E-state index contributed by atoms with van der Waals surface area (Å²) in [6.07, 6.45) is 5.26. The summed E-state index contributed by atoms with van der Waals surface area (Å²) in [5.41, 5.74) is 6.52. The SMILES string of the molecule is COc1cc(-n2ccnc2CN)ccn1. The first kappa shape index (κ1) is 9.67. The van der Waals surface area contributed by atoms with Crippen molar-refractivity contribution in [3.05, 3.63) is 36.5 Å². The molecule has 0 saturated heterocycles. The molecule has 2 N–H and O–H groups in total. The van der Waals surface area contributed by atoms with Gasteiger partial charge in [-0.15, -0.1) is 0 Å². The third kappa shape index (κ3) is 1.82. The van der Waals surface area contributed by atoms with Gasteiger partial charge in [0.05, 0.1) is 19.3 Å². The van der Waals surface area contributed by atoms with E-state index in [1.807, 2.05) is 22.9 Å². The van der Waals surface area contributed by atoms with Gasteiger partial charge in [-0.1, -0.05) is 0 Å². The molecule has 15 heavy (non-hydrogen) atoms. The molecule has 0 saturated carbocycles. The second kappa shape index (κ2) is 4.10. The summed E-state index contributed by atoms with van der Waals surface area (Å²) < 4.78 is 6.96. The molecule has 2 rings (SSSR count). The quantitative estimate of drug-likeness (QED) is 0.800. The maximum atomic E-state index is 5.57. The number of hydrogen-bond acceptors (Lipinski definition) is 4. The zero-order valence-electron chi connectivity index (χ0n) is 8.42. The summed E-state index contributed by atoms with van der Waals surface area (Å²) in [6.45, 7) is 0.400. The van der Waals surface area contributed by atoms with Crippen LogP contribution in [-0.4, -0.2) is 21.6 Å². The van der Waals surface area contributed by atoms with Gasteiger partial charge in [-0.25, -0.2) is 9.97 Å². The van der Waals surface area contributed by atoms with Crippen molar-refractivity contribution in [2.75, 3.05) is 7.11 Å². The minimum atomic E-state index is 0.400. The maximum absolute atomic E-state index is 5.57. The molecule has 0 atom stereocenters. The minimum absolute atomic E-state index is 0.400. The fraction of sp³-hybridized carbons (Fsp3) is 0.200. The molecule has 5 heteroatoms. The normalized spacial score (nSPS) is 10.3. The Labute approximate surface area is 87.5 Å². The third-order valence-electron chi connectivity index (χ3n) is 2.11. The average Bonchev–Trinajstić information content (AvgIpc) is 2.77. The smallest absolute Gasteiger partial charge is 0.215 e. The molecule has 0 aliphatic carbocycles. The number of nitrogens with zero attached hydrogens (tertiary/aromatic N) is 3. The second-order valence-electron chi connectivity index (χ2n) is 2.97. The highest BCUT2D eigenvalue weighted by atomic mass is 16.5. The van der Waals surface area contributed by atoms with Gasteiger partial charge in [0.2, 0.25) is 5.88 Å².